The molecule has 0 saturated heterocycles. The fraction of sp³-hybridized carbons (Fsp3) is 0.400. The monoisotopic (exact) mass is 222 g/mol. The molecule has 15 heavy (non-hydrogen) atoms. The predicted octanol–water partition coefficient (Wildman–Crippen LogP) is 1.60. The molecule has 2 rings (SSSR count). The third-order valence-corrected chi connectivity index (χ3v) is 3.31. The second-order valence-corrected chi connectivity index (χ2v) is 4.30. The summed E-state index contributed by atoms with van der Waals surface area (Å²) in [7, 11) is 0. The normalized spacial score (nSPS) is 12.9. The highest BCUT2D eigenvalue weighted by Crippen LogP contribution is 2.19. The molecule has 0 aliphatic heterocycles. The Balaban J connectivity index is 2.09. The first-order valence-electron chi connectivity index (χ1n) is 4.97. The number of thiophene rings is 1. The number of hydrogen-bond acceptors (Lipinski definition) is 4. The van der Waals surface area contributed by atoms with Crippen LogP contribution in [0, 0.1) is 0 Å². The van der Waals surface area contributed by atoms with Gasteiger partial charge < -0.3 is 5.73 Å². The van der Waals surface area contributed by atoms with Gasteiger partial charge in [-0.25, -0.2) is 4.98 Å². The van der Waals surface area contributed by atoms with E-state index in [2.05, 4.69) is 23.1 Å². The van der Waals surface area contributed by atoms with Gasteiger partial charge in [0.05, 0.1) is 0 Å². The minimum atomic E-state index is 0.0273. The Kier molecular flexibility index (Phi) is 3.13. The molecule has 1 atom stereocenters. The molecule has 0 fully saturated rings. The van der Waals surface area contributed by atoms with Gasteiger partial charge in [0, 0.05) is 23.9 Å². The summed E-state index contributed by atoms with van der Waals surface area (Å²) in [4.78, 5) is 5.41. The van der Waals surface area contributed by atoms with E-state index in [9.17, 15) is 0 Å². The molecule has 2 aromatic rings. The highest BCUT2D eigenvalue weighted by Gasteiger charge is 2.11. The van der Waals surface area contributed by atoms with Gasteiger partial charge in [0.2, 0.25) is 0 Å². The summed E-state index contributed by atoms with van der Waals surface area (Å²) in [6.07, 6.45) is 2.33. The number of rotatable bonds is 4. The van der Waals surface area contributed by atoms with E-state index in [0.717, 1.165) is 18.8 Å². The maximum absolute atomic E-state index is 6.08. The molecular formula is C10H14N4S. The summed E-state index contributed by atoms with van der Waals surface area (Å²) < 4.78 is 1.88. The van der Waals surface area contributed by atoms with E-state index in [1.165, 1.54) is 4.88 Å². The quantitative estimate of drug-likeness (QED) is 0.855. The van der Waals surface area contributed by atoms with E-state index in [1.807, 2.05) is 16.1 Å². The molecule has 0 saturated carbocycles. The summed E-state index contributed by atoms with van der Waals surface area (Å²) in [5, 5.41) is 6.16. The van der Waals surface area contributed by atoms with Crippen molar-refractivity contribution in [2.45, 2.75) is 25.9 Å². The predicted molar refractivity (Wildman–Crippen MR) is 60.6 cm³/mol. The molecule has 0 aliphatic carbocycles. The van der Waals surface area contributed by atoms with Crippen LogP contribution in [0.15, 0.2) is 23.8 Å². The zero-order valence-corrected chi connectivity index (χ0v) is 9.44. The molecular weight excluding hydrogens is 208 g/mol. The SMILES string of the molecule is CCn1ncnc1CC(N)c1cccs1. The second-order valence-electron chi connectivity index (χ2n) is 3.32. The Labute approximate surface area is 92.8 Å². The van der Waals surface area contributed by atoms with E-state index in [0.29, 0.717) is 0 Å². The van der Waals surface area contributed by atoms with Crippen molar-refractivity contribution in [3.63, 3.8) is 0 Å². The lowest BCUT2D eigenvalue weighted by Crippen LogP contribution is -2.15. The molecule has 0 radical (unpaired) electrons. The molecule has 0 aliphatic rings. The Bertz CT molecular complexity index is 407. The van der Waals surface area contributed by atoms with Gasteiger partial charge in [-0.05, 0) is 18.4 Å². The number of aryl methyl sites for hydroxylation is 1. The van der Waals surface area contributed by atoms with Crippen LogP contribution in [0.5, 0.6) is 0 Å². The summed E-state index contributed by atoms with van der Waals surface area (Å²) in [6.45, 7) is 2.89. The largest absolute Gasteiger partial charge is 0.323 e. The summed E-state index contributed by atoms with van der Waals surface area (Å²) in [5.41, 5.74) is 6.08. The van der Waals surface area contributed by atoms with Gasteiger partial charge in [-0.15, -0.1) is 11.3 Å². The second kappa shape index (κ2) is 4.55. The van der Waals surface area contributed by atoms with Gasteiger partial charge >= 0.3 is 0 Å². The Hall–Kier alpha value is -1.20. The molecule has 0 aromatic carbocycles. The van der Waals surface area contributed by atoms with Crippen LogP contribution in [0.4, 0.5) is 0 Å². The van der Waals surface area contributed by atoms with E-state index in [-0.39, 0.29) is 6.04 Å². The maximum Gasteiger partial charge on any atom is 0.138 e. The maximum atomic E-state index is 6.08. The van der Waals surface area contributed by atoms with Crippen molar-refractivity contribution in [1.82, 2.24) is 14.8 Å². The summed E-state index contributed by atoms with van der Waals surface area (Å²) in [5.74, 6) is 0.957. The molecule has 1 unspecified atom stereocenters. The first-order chi connectivity index (χ1) is 7.31. The first kappa shape index (κ1) is 10.3. The van der Waals surface area contributed by atoms with Crippen LogP contribution in [-0.2, 0) is 13.0 Å². The highest BCUT2D eigenvalue weighted by atomic mass is 32.1. The van der Waals surface area contributed by atoms with Crippen molar-refractivity contribution in [2.75, 3.05) is 0 Å². The molecule has 2 heterocycles. The number of nitrogens with zero attached hydrogens (tertiary/aromatic N) is 3. The van der Waals surface area contributed by atoms with Crippen molar-refractivity contribution in [2.24, 2.45) is 5.73 Å². The minimum absolute atomic E-state index is 0.0273. The first-order valence-corrected chi connectivity index (χ1v) is 5.85. The highest BCUT2D eigenvalue weighted by molar-refractivity contribution is 7.10. The van der Waals surface area contributed by atoms with Crippen LogP contribution in [0.2, 0.25) is 0 Å². The van der Waals surface area contributed by atoms with Gasteiger partial charge in [0.25, 0.3) is 0 Å². The summed E-state index contributed by atoms with van der Waals surface area (Å²) in [6, 6.07) is 4.10. The topological polar surface area (TPSA) is 56.7 Å². The van der Waals surface area contributed by atoms with Crippen molar-refractivity contribution in [1.29, 1.82) is 0 Å². The van der Waals surface area contributed by atoms with E-state index in [1.54, 1.807) is 17.7 Å². The number of nitrogens with two attached hydrogens (primary N) is 1. The molecule has 0 amide bonds. The number of aromatic nitrogens is 3. The van der Waals surface area contributed by atoms with Crippen LogP contribution in [0.3, 0.4) is 0 Å². The zero-order chi connectivity index (χ0) is 10.7. The standard InChI is InChI=1S/C10H14N4S/c1-2-14-10(12-7-13-14)6-8(11)9-4-3-5-15-9/h3-5,7-8H,2,6,11H2,1H3. The Morgan fingerprint density at radius 2 is 2.47 bits per heavy atom. The van der Waals surface area contributed by atoms with Gasteiger partial charge in [-0.1, -0.05) is 6.07 Å². The third-order valence-electron chi connectivity index (χ3n) is 2.31. The van der Waals surface area contributed by atoms with Gasteiger partial charge in [-0.2, -0.15) is 5.10 Å². The minimum Gasteiger partial charge on any atom is -0.323 e. The third kappa shape index (κ3) is 2.24. The molecule has 80 valence electrons. The van der Waals surface area contributed by atoms with Gasteiger partial charge in [-0.3, -0.25) is 4.68 Å². The Morgan fingerprint density at radius 3 is 3.13 bits per heavy atom. The zero-order valence-electron chi connectivity index (χ0n) is 8.63. The van der Waals surface area contributed by atoms with Crippen LogP contribution in [0.1, 0.15) is 23.7 Å². The van der Waals surface area contributed by atoms with Gasteiger partial charge in [0.15, 0.2) is 0 Å². The number of hydrogen-bond donors (Lipinski definition) is 1. The van der Waals surface area contributed by atoms with Crippen LogP contribution >= 0.6 is 11.3 Å². The fourth-order valence-electron chi connectivity index (χ4n) is 1.51. The molecule has 5 heteroatoms. The van der Waals surface area contributed by atoms with Crippen LogP contribution < -0.4 is 5.73 Å². The fourth-order valence-corrected chi connectivity index (χ4v) is 2.24. The van der Waals surface area contributed by atoms with Crippen LogP contribution in [0.25, 0.3) is 0 Å². The van der Waals surface area contributed by atoms with Crippen molar-refractivity contribution in [3.05, 3.63) is 34.5 Å². The van der Waals surface area contributed by atoms with Crippen LogP contribution in [-0.4, -0.2) is 14.8 Å². The van der Waals surface area contributed by atoms with Gasteiger partial charge in [0.1, 0.15) is 12.2 Å². The lowest BCUT2D eigenvalue weighted by Gasteiger charge is -2.09. The lowest BCUT2D eigenvalue weighted by molar-refractivity contribution is 0.584. The smallest absolute Gasteiger partial charge is 0.138 e. The molecule has 4 nitrogen and oxygen atoms in total. The van der Waals surface area contributed by atoms with Crippen molar-refractivity contribution in [3.8, 4) is 0 Å². The lowest BCUT2D eigenvalue weighted by atomic mass is 10.2. The van der Waals surface area contributed by atoms with Crippen molar-refractivity contribution >= 4 is 11.3 Å². The average molecular weight is 222 g/mol. The Morgan fingerprint density at radius 1 is 1.60 bits per heavy atom. The molecule has 2 aromatic heterocycles. The molecule has 2 N–H and O–H groups in total. The average Bonchev–Trinajstić information content (AvgIpc) is 2.87. The summed E-state index contributed by atoms with van der Waals surface area (Å²) >= 11 is 1.68. The molecule has 0 spiro atoms. The molecule has 0 bridgehead atoms. The van der Waals surface area contributed by atoms with E-state index in [4.69, 9.17) is 5.73 Å². The van der Waals surface area contributed by atoms with E-state index < -0.39 is 0 Å². The van der Waals surface area contributed by atoms with E-state index >= 15 is 0 Å². The van der Waals surface area contributed by atoms with Crippen molar-refractivity contribution < 1.29 is 0 Å².